The molecule has 0 amide bonds. The number of fused-ring (bicyclic) bond motifs is 1. The van der Waals surface area contributed by atoms with Crippen molar-refractivity contribution >= 4 is 12.0 Å². The molecular weight excluding hydrogens is 168 g/mol. The monoisotopic (exact) mass is 178 g/mol. The Morgan fingerprint density at radius 3 is 3.15 bits per heavy atom. The van der Waals surface area contributed by atoms with Gasteiger partial charge in [0.25, 0.3) is 0 Å². The maximum Gasteiger partial charge on any atom is 0.354 e. The molecular formula is C9H10N2O2. The molecule has 1 aromatic rings. The van der Waals surface area contributed by atoms with Crippen molar-refractivity contribution < 1.29 is 9.53 Å². The summed E-state index contributed by atoms with van der Waals surface area (Å²) in [7, 11) is 1.37. The molecule has 4 nitrogen and oxygen atoms in total. The van der Waals surface area contributed by atoms with Gasteiger partial charge in [-0.1, -0.05) is 0 Å². The van der Waals surface area contributed by atoms with E-state index in [0.717, 1.165) is 17.8 Å². The van der Waals surface area contributed by atoms with E-state index in [1.54, 1.807) is 6.07 Å². The second-order valence-corrected chi connectivity index (χ2v) is 2.82. The number of hydrogen-bond acceptors (Lipinski definition) is 3. The van der Waals surface area contributed by atoms with Crippen LogP contribution in [-0.4, -0.2) is 18.1 Å². The Balaban J connectivity index is 2.36. The molecule has 0 bridgehead atoms. The normalized spacial score (nSPS) is 13.3. The Labute approximate surface area is 75.6 Å². The first-order valence-electron chi connectivity index (χ1n) is 4.01. The summed E-state index contributed by atoms with van der Waals surface area (Å²) in [6.45, 7) is 0.725. The van der Waals surface area contributed by atoms with Crippen molar-refractivity contribution in [3.05, 3.63) is 29.2 Å². The first kappa shape index (κ1) is 7.91. The fourth-order valence-corrected chi connectivity index (χ4v) is 1.34. The average molecular weight is 178 g/mol. The van der Waals surface area contributed by atoms with Gasteiger partial charge in [0, 0.05) is 5.69 Å². The summed E-state index contributed by atoms with van der Waals surface area (Å²) in [4.78, 5) is 14.1. The number of H-pyrrole nitrogens is 1. The smallest absolute Gasteiger partial charge is 0.354 e. The molecule has 0 aromatic carbocycles. The summed E-state index contributed by atoms with van der Waals surface area (Å²) in [6, 6.07) is 1.79. The third-order valence-electron chi connectivity index (χ3n) is 2.00. The molecule has 0 radical (unpaired) electrons. The highest BCUT2D eigenvalue weighted by molar-refractivity contribution is 5.88. The molecule has 68 valence electrons. The molecule has 1 aliphatic rings. The van der Waals surface area contributed by atoms with Gasteiger partial charge in [0.05, 0.1) is 13.7 Å². The summed E-state index contributed by atoms with van der Waals surface area (Å²) in [6.07, 6.45) is 3.78. The van der Waals surface area contributed by atoms with E-state index in [9.17, 15) is 4.79 Å². The summed E-state index contributed by atoms with van der Waals surface area (Å²) >= 11 is 0. The van der Waals surface area contributed by atoms with Crippen LogP contribution in [0.15, 0.2) is 12.3 Å². The van der Waals surface area contributed by atoms with Crippen LogP contribution in [0.2, 0.25) is 0 Å². The minimum atomic E-state index is -0.331. The Hall–Kier alpha value is -1.71. The Morgan fingerprint density at radius 1 is 1.62 bits per heavy atom. The fraction of sp³-hybridized carbons (Fsp3) is 0.222. The predicted molar refractivity (Wildman–Crippen MR) is 48.0 cm³/mol. The van der Waals surface area contributed by atoms with E-state index in [4.69, 9.17) is 0 Å². The number of aromatic nitrogens is 1. The van der Waals surface area contributed by atoms with Crippen LogP contribution in [0.1, 0.15) is 21.7 Å². The van der Waals surface area contributed by atoms with Gasteiger partial charge >= 0.3 is 5.97 Å². The summed E-state index contributed by atoms with van der Waals surface area (Å²) in [5, 5.41) is 3.05. The maximum absolute atomic E-state index is 11.1. The van der Waals surface area contributed by atoms with Gasteiger partial charge in [-0.3, -0.25) is 0 Å². The van der Waals surface area contributed by atoms with Crippen molar-refractivity contribution in [2.45, 2.75) is 6.54 Å². The van der Waals surface area contributed by atoms with Gasteiger partial charge in [-0.05, 0) is 23.9 Å². The summed E-state index contributed by atoms with van der Waals surface area (Å²) in [5.41, 5.74) is 2.56. The Kier molecular flexibility index (Phi) is 1.81. The Morgan fingerprint density at radius 2 is 2.46 bits per heavy atom. The summed E-state index contributed by atoms with van der Waals surface area (Å²) < 4.78 is 4.60. The number of carbonyl (C=O) groups excluding carboxylic acids is 1. The molecule has 2 rings (SSSR count). The quantitative estimate of drug-likeness (QED) is 0.627. The lowest BCUT2D eigenvalue weighted by Gasteiger charge is -2.05. The lowest BCUT2D eigenvalue weighted by molar-refractivity contribution is 0.0594. The first-order valence-corrected chi connectivity index (χ1v) is 4.01. The minimum absolute atomic E-state index is 0.331. The van der Waals surface area contributed by atoms with Crippen molar-refractivity contribution in [1.82, 2.24) is 10.3 Å². The van der Waals surface area contributed by atoms with Crippen molar-refractivity contribution in [3.63, 3.8) is 0 Å². The van der Waals surface area contributed by atoms with Crippen LogP contribution in [0.4, 0.5) is 0 Å². The first-order chi connectivity index (χ1) is 6.31. The number of esters is 1. The molecule has 0 spiro atoms. The van der Waals surface area contributed by atoms with Crippen LogP contribution in [0.25, 0.3) is 6.08 Å². The third-order valence-corrected chi connectivity index (χ3v) is 2.00. The number of carbonyl (C=O) groups is 1. The van der Waals surface area contributed by atoms with E-state index in [-0.39, 0.29) is 5.97 Å². The number of nitrogens with one attached hydrogen (secondary N) is 2. The van der Waals surface area contributed by atoms with Gasteiger partial charge in [0.1, 0.15) is 5.69 Å². The van der Waals surface area contributed by atoms with Gasteiger partial charge in [0.15, 0.2) is 0 Å². The van der Waals surface area contributed by atoms with Crippen LogP contribution in [0, 0.1) is 0 Å². The highest BCUT2D eigenvalue weighted by atomic mass is 16.5. The van der Waals surface area contributed by atoms with Gasteiger partial charge in [-0.2, -0.15) is 0 Å². The molecule has 1 aliphatic heterocycles. The molecule has 0 aliphatic carbocycles. The van der Waals surface area contributed by atoms with E-state index in [0.29, 0.717) is 5.69 Å². The molecule has 13 heavy (non-hydrogen) atoms. The lowest BCUT2D eigenvalue weighted by Crippen LogP contribution is -2.09. The lowest BCUT2D eigenvalue weighted by atomic mass is 10.2. The van der Waals surface area contributed by atoms with E-state index in [1.807, 2.05) is 12.3 Å². The SMILES string of the molecule is COC(=O)c1cc2c([nH]1)CNC=C2. The molecule has 0 fully saturated rings. The van der Waals surface area contributed by atoms with Crippen molar-refractivity contribution in [2.24, 2.45) is 0 Å². The van der Waals surface area contributed by atoms with Crippen LogP contribution in [-0.2, 0) is 11.3 Å². The predicted octanol–water partition coefficient (Wildman–Crippen LogP) is 0.875. The summed E-state index contributed by atoms with van der Waals surface area (Å²) in [5.74, 6) is -0.331. The van der Waals surface area contributed by atoms with Crippen molar-refractivity contribution in [2.75, 3.05) is 7.11 Å². The van der Waals surface area contributed by atoms with Crippen molar-refractivity contribution in [1.29, 1.82) is 0 Å². The van der Waals surface area contributed by atoms with E-state index in [2.05, 4.69) is 15.0 Å². The van der Waals surface area contributed by atoms with Gasteiger partial charge < -0.3 is 15.0 Å². The molecule has 4 heteroatoms. The maximum atomic E-state index is 11.1. The van der Waals surface area contributed by atoms with Gasteiger partial charge in [0.2, 0.25) is 0 Å². The van der Waals surface area contributed by atoms with Crippen LogP contribution in [0.5, 0.6) is 0 Å². The topological polar surface area (TPSA) is 54.1 Å². The number of methoxy groups -OCH3 is 1. The molecule has 1 aromatic heterocycles. The second-order valence-electron chi connectivity index (χ2n) is 2.82. The van der Waals surface area contributed by atoms with Crippen LogP contribution in [0.3, 0.4) is 0 Å². The van der Waals surface area contributed by atoms with Crippen LogP contribution < -0.4 is 5.32 Å². The fourth-order valence-electron chi connectivity index (χ4n) is 1.34. The average Bonchev–Trinajstić information content (AvgIpc) is 2.59. The molecule has 0 atom stereocenters. The van der Waals surface area contributed by atoms with Crippen molar-refractivity contribution in [3.8, 4) is 0 Å². The number of hydrogen-bond donors (Lipinski definition) is 2. The van der Waals surface area contributed by atoms with E-state index >= 15 is 0 Å². The zero-order valence-corrected chi connectivity index (χ0v) is 7.26. The standard InChI is InChI=1S/C9H10N2O2/c1-13-9(12)7-4-6-2-3-10-5-8(6)11-7/h2-4,10-11H,5H2,1H3. The zero-order valence-electron chi connectivity index (χ0n) is 7.26. The molecule has 0 saturated heterocycles. The van der Waals surface area contributed by atoms with Gasteiger partial charge in [-0.15, -0.1) is 0 Å². The number of aromatic amines is 1. The largest absolute Gasteiger partial charge is 0.464 e. The minimum Gasteiger partial charge on any atom is -0.464 e. The third kappa shape index (κ3) is 1.30. The van der Waals surface area contributed by atoms with Crippen LogP contribution >= 0.6 is 0 Å². The molecule has 0 unspecified atom stereocenters. The molecule has 2 heterocycles. The zero-order chi connectivity index (χ0) is 9.26. The number of ether oxygens (including phenoxy) is 1. The molecule has 2 N–H and O–H groups in total. The Bertz CT molecular complexity index is 366. The van der Waals surface area contributed by atoms with E-state index in [1.165, 1.54) is 7.11 Å². The molecule has 0 saturated carbocycles. The highest BCUT2D eigenvalue weighted by Gasteiger charge is 2.13. The van der Waals surface area contributed by atoms with E-state index < -0.39 is 0 Å². The highest BCUT2D eigenvalue weighted by Crippen LogP contribution is 2.15. The van der Waals surface area contributed by atoms with Gasteiger partial charge in [-0.25, -0.2) is 4.79 Å². The second kappa shape index (κ2) is 2.97. The number of rotatable bonds is 1.